The Kier molecular flexibility index (Phi) is 4.17. The normalized spacial score (nSPS) is 16.0. The Morgan fingerprint density at radius 3 is 2.29 bits per heavy atom. The fourth-order valence-electron chi connectivity index (χ4n) is 1.57. The topological polar surface area (TPSA) is 113 Å². The van der Waals surface area contributed by atoms with E-state index < -0.39 is 21.2 Å². The van der Waals surface area contributed by atoms with Gasteiger partial charge in [0.15, 0.2) is 5.25 Å². The van der Waals surface area contributed by atoms with E-state index in [1.165, 1.54) is 24.3 Å². The Morgan fingerprint density at radius 1 is 1.24 bits per heavy atom. The van der Waals surface area contributed by atoms with Crippen molar-refractivity contribution in [3.63, 3.8) is 0 Å². The van der Waals surface area contributed by atoms with Crippen molar-refractivity contribution < 1.29 is 23.1 Å². The molecule has 1 fully saturated rings. The van der Waals surface area contributed by atoms with Crippen molar-refractivity contribution in [3.05, 3.63) is 29.8 Å². The van der Waals surface area contributed by atoms with Gasteiger partial charge in [-0.3, -0.25) is 14.3 Å². The van der Waals surface area contributed by atoms with Crippen LogP contribution in [0.1, 0.15) is 30.1 Å². The van der Waals surface area contributed by atoms with E-state index in [2.05, 4.69) is 10.0 Å². The van der Waals surface area contributed by atoms with E-state index in [1.54, 1.807) is 0 Å². The predicted molar refractivity (Wildman–Crippen MR) is 76.6 cm³/mol. The number of nitrogens with one attached hydrogen (secondary N) is 2. The highest BCUT2D eigenvalue weighted by Crippen LogP contribution is 2.20. The van der Waals surface area contributed by atoms with E-state index in [1.807, 2.05) is 0 Å². The summed E-state index contributed by atoms with van der Waals surface area (Å²) in [6.07, 6.45) is 1.97. The number of hydrogen-bond donors (Lipinski definition) is 3. The summed E-state index contributed by atoms with van der Waals surface area (Å²) in [6, 6.07) is 6.07. The van der Waals surface area contributed by atoms with E-state index in [-0.39, 0.29) is 17.6 Å². The third-order valence-corrected chi connectivity index (χ3v) is 4.79. The molecule has 0 bridgehead atoms. The third kappa shape index (κ3) is 3.94. The van der Waals surface area contributed by atoms with Crippen LogP contribution in [0.3, 0.4) is 0 Å². The lowest BCUT2D eigenvalue weighted by molar-refractivity contribution is -0.136. The van der Waals surface area contributed by atoms with Gasteiger partial charge < -0.3 is 10.4 Å². The van der Waals surface area contributed by atoms with Gasteiger partial charge in [0.25, 0.3) is 5.91 Å². The minimum absolute atomic E-state index is 0.203. The number of sulfonamides is 1. The molecule has 1 unspecified atom stereocenters. The summed E-state index contributed by atoms with van der Waals surface area (Å²) in [4.78, 5) is 22.5. The number of carbonyl (C=O) groups excluding carboxylic acids is 1. The van der Waals surface area contributed by atoms with Gasteiger partial charge in [0.2, 0.25) is 10.0 Å². The van der Waals surface area contributed by atoms with E-state index >= 15 is 0 Å². The molecule has 0 aromatic heterocycles. The van der Waals surface area contributed by atoms with E-state index in [0.29, 0.717) is 5.56 Å². The van der Waals surface area contributed by atoms with Crippen molar-refractivity contribution in [1.29, 1.82) is 0 Å². The van der Waals surface area contributed by atoms with Gasteiger partial charge in [-0.25, -0.2) is 8.42 Å². The minimum Gasteiger partial charge on any atom is -0.480 e. The number of carbonyl (C=O) groups is 2. The first-order valence-corrected chi connectivity index (χ1v) is 7.99. The first-order valence-electron chi connectivity index (χ1n) is 6.45. The Morgan fingerprint density at radius 2 is 1.81 bits per heavy atom. The molecule has 1 amide bonds. The molecular weight excluding hydrogens is 296 g/mol. The smallest absolute Gasteiger partial charge is 0.323 e. The fourth-order valence-corrected chi connectivity index (χ4v) is 2.48. The van der Waals surface area contributed by atoms with Crippen LogP contribution >= 0.6 is 0 Å². The SMILES string of the molecule is CC(C(=O)O)S(=O)(=O)Nc1ccc(C(=O)NC2CC2)cc1. The molecule has 1 aliphatic carbocycles. The summed E-state index contributed by atoms with van der Waals surface area (Å²) in [5.74, 6) is -1.63. The number of benzene rings is 1. The number of hydrogen-bond acceptors (Lipinski definition) is 4. The second-order valence-corrected chi connectivity index (χ2v) is 6.95. The second-order valence-electron chi connectivity index (χ2n) is 4.95. The van der Waals surface area contributed by atoms with Gasteiger partial charge in [-0.15, -0.1) is 0 Å². The molecule has 2 rings (SSSR count). The average molecular weight is 312 g/mol. The zero-order valence-electron chi connectivity index (χ0n) is 11.4. The minimum atomic E-state index is -4.00. The summed E-state index contributed by atoms with van der Waals surface area (Å²) >= 11 is 0. The van der Waals surface area contributed by atoms with Gasteiger partial charge in [-0.1, -0.05) is 0 Å². The van der Waals surface area contributed by atoms with Gasteiger partial charge in [-0.05, 0) is 44.0 Å². The van der Waals surface area contributed by atoms with E-state index in [4.69, 9.17) is 5.11 Å². The number of carboxylic acids is 1. The van der Waals surface area contributed by atoms with Crippen molar-refractivity contribution in [3.8, 4) is 0 Å². The molecule has 114 valence electrons. The van der Waals surface area contributed by atoms with Crippen molar-refractivity contribution >= 4 is 27.6 Å². The molecule has 0 radical (unpaired) electrons. The lowest BCUT2D eigenvalue weighted by Gasteiger charge is -2.11. The first-order chi connectivity index (χ1) is 9.79. The standard InChI is InChI=1S/C13H16N2O5S/c1-8(13(17)18)21(19,20)15-11-4-2-9(3-5-11)12(16)14-10-6-7-10/h2-5,8,10,15H,6-7H2,1H3,(H,14,16)(H,17,18). The molecule has 1 atom stereocenters. The molecule has 0 heterocycles. The zero-order valence-corrected chi connectivity index (χ0v) is 12.2. The van der Waals surface area contributed by atoms with Crippen LogP contribution in [0.4, 0.5) is 5.69 Å². The van der Waals surface area contributed by atoms with Crippen molar-refractivity contribution in [2.45, 2.75) is 31.1 Å². The quantitative estimate of drug-likeness (QED) is 0.719. The molecule has 1 aromatic rings. The molecule has 0 spiro atoms. The Hall–Kier alpha value is -2.09. The van der Waals surface area contributed by atoms with Crippen LogP contribution in [0.25, 0.3) is 0 Å². The predicted octanol–water partition coefficient (Wildman–Crippen LogP) is 0.794. The highest BCUT2D eigenvalue weighted by atomic mass is 32.2. The second kappa shape index (κ2) is 5.72. The van der Waals surface area contributed by atoms with Crippen LogP contribution in [0, 0.1) is 0 Å². The monoisotopic (exact) mass is 312 g/mol. The van der Waals surface area contributed by atoms with Crippen LogP contribution in [0.5, 0.6) is 0 Å². The van der Waals surface area contributed by atoms with Crippen molar-refractivity contribution in [1.82, 2.24) is 5.32 Å². The number of amides is 1. The van der Waals surface area contributed by atoms with Gasteiger partial charge in [0.05, 0.1) is 0 Å². The maximum absolute atomic E-state index is 11.8. The van der Waals surface area contributed by atoms with E-state index in [9.17, 15) is 18.0 Å². The average Bonchev–Trinajstić information content (AvgIpc) is 3.22. The van der Waals surface area contributed by atoms with Gasteiger partial charge >= 0.3 is 5.97 Å². The maximum atomic E-state index is 11.8. The number of carboxylic acid groups (broad SMARTS) is 1. The third-order valence-electron chi connectivity index (χ3n) is 3.13. The van der Waals surface area contributed by atoms with Gasteiger partial charge in [-0.2, -0.15) is 0 Å². The first kappa shape index (κ1) is 15.3. The highest BCUT2D eigenvalue weighted by molar-refractivity contribution is 7.94. The summed E-state index contributed by atoms with van der Waals surface area (Å²) in [5, 5.41) is 9.99. The Labute approximate surface area is 122 Å². The summed E-state index contributed by atoms with van der Waals surface area (Å²) in [6.45, 7) is 1.09. The molecule has 8 heteroatoms. The number of aliphatic carboxylic acids is 1. The number of rotatable bonds is 6. The molecule has 7 nitrogen and oxygen atoms in total. The van der Waals surface area contributed by atoms with Crippen LogP contribution in [-0.4, -0.2) is 36.7 Å². The summed E-state index contributed by atoms with van der Waals surface area (Å²) in [7, 11) is -4.00. The lowest BCUT2D eigenvalue weighted by atomic mass is 10.2. The molecule has 0 aliphatic heterocycles. The molecular formula is C13H16N2O5S. The summed E-state index contributed by atoms with van der Waals surface area (Å²) in [5.41, 5.74) is 0.641. The number of anilines is 1. The Balaban J connectivity index is 2.05. The molecule has 21 heavy (non-hydrogen) atoms. The molecule has 3 N–H and O–H groups in total. The van der Waals surface area contributed by atoms with Crippen LogP contribution in [0.15, 0.2) is 24.3 Å². The molecule has 1 saturated carbocycles. The molecule has 0 saturated heterocycles. The van der Waals surface area contributed by atoms with Crippen LogP contribution in [-0.2, 0) is 14.8 Å². The lowest BCUT2D eigenvalue weighted by Crippen LogP contribution is -2.32. The van der Waals surface area contributed by atoms with Gasteiger partial charge in [0.1, 0.15) is 0 Å². The fraction of sp³-hybridized carbons (Fsp3) is 0.385. The van der Waals surface area contributed by atoms with E-state index in [0.717, 1.165) is 19.8 Å². The van der Waals surface area contributed by atoms with Crippen molar-refractivity contribution in [2.24, 2.45) is 0 Å². The highest BCUT2D eigenvalue weighted by Gasteiger charge is 2.27. The largest absolute Gasteiger partial charge is 0.480 e. The molecule has 1 aliphatic rings. The maximum Gasteiger partial charge on any atom is 0.323 e. The van der Waals surface area contributed by atoms with Crippen LogP contribution < -0.4 is 10.0 Å². The Bertz CT molecular complexity index is 650. The zero-order chi connectivity index (χ0) is 15.6. The van der Waals surface area contributed by atoms with Gasteiger partial charge in [0, 0.05) is 17.3 Å². The van der Waals surface area contributed by atoms with Crippen molar-refractivity contribution in [2.75, 3.05) is 4.72 Å². The van der Waals surface area contributed by atoms with Crippen LogP contribution in [0.2, 0.25) is 0 Å². The molecule has 1 aromatic carbocycles. The summed E-state index contributed by atoms with van der Waals surface area (Å²) < 4.78 is 25.7.